The van der Waals surface area contributed by atoms with Crippen LogP contribution in [0, 0.1) is 17.2 Å². The first kappa shape index (κ1) is 13.0. The maximum atomic E-state index is 11.6. The van der Waals surface area contributed by atoms with E-state index in [0.717, 1.165) is 12.3 Å². The van der Waals surface area contributed by atoms with Crippen LogP contribution in [0.25, 0.3) is 0 Å². The molecule has 0 aromatic carbocycles. The highest BCUT2D eigenvalue weighted by Gasteiger charge is 2.20. The van der Waals surface area contributed by atoms with Gasteiger partial charge in [0.2, 0.25) is 5.91 Å². The van der Waals surface area contributed by atoms with Gasteiger partial charge in [-0.3, -0.25) is 4.79 Å². The van der Waals surface area contributed by atoms with Crippen LogP contribution in [0.4, 0.5) is 0 Å². The molecular weight excluding hydrogens is 200 g/mol. The molecule has 0 saturated heterocycles. The van der Waals surface area contributed by atoms with E-state index in [-0.39, 0.29) is 5.91 Å². The maximum absolute atomic E-state index is 11.6. The summed E-state index contributed by atoms with van der Waals surface area (Å²) in [6.07, 6.45) is 8.07. The highest BCUT2D eigenvalue weighted by molar-refractivity contribution is 5.77. The zero-order chi connectivity index (χ0) is 12.0. The van der Waals surface area contributed by atoms with Gasteiger partial charge in [0, 0.05) is 6.42 Å². The number of amides is 1. The van der Waals surface area contributed by atoms with E-state index < -0.39 is 5.54 Å². The van der Waals surface area contributed by atoms with Crippen LogP contribution in [0.5, 0.6) is 0 Å². The van der Waals surface area contributed by atoms with Gasteiger partial charge in [0.05, 0.1) is 6.07 Å². The Balaban J connectivity index is 2.22. The average Bonchev–Trinajstić information content (AvgIpc) is 2.27. The topological polar surface area (TPSA) is 52.9 Å². The molecule has 0 heterocycles. The average molecular weight is 222 g/mol. The van der Waals surface area contributed by atoms with Gasteiger partial charge in [-0.2, -0.15) is 5.26 Å². The SMILES string of the molecule is CC(C)(C#N)NC(=O)CCC1CCCCC1. The molecule has 1 aliphatic rings. The van der Waals surface area contributed by atoms with E-state index in [2.05, 4.69) is 11.4 Å². The Labute approximate surface area is 98.2 Å². The lowest BCUT2D eigenvalue weighted by Crippen LogP contribution is -2.42. The summed E-state index contributed by atoms with van der Waals surface area (Å²) in [5.41, 5.74) is -0.732. The second-order valence-electron chi connectivity index (χ2n) is 5.33. The quantitative estimate of drug-likeness (QED) is 0.795. The third-order valence-electron chi connectivity index (χ3n) is 3.24. The second kappa shape index (κ2) is 5.89. The van der Waals surface area contributed by atoms with Crippen molar-refractivity contribution in [1.29, 1.82) is 5.26 Å². The van der Waals surface area contributed by atoms with Crippen LogP contribution in [0.3, 0.4) is 0 Å². The normalized spacial score (nSPS) is 17.8. The van der Waals surface area contributed by atoms with Gasteiger partial charge in [0.15, 0.2) is 0 Å². The molecule has 0 bridgehead atoms. The van der Waals surface area contributed by atoms with E-state index in [4.69, 9.17) is 5.26 Å². The van der Waals surface area contributed by atoms with Crippen molar-refractivity contribution in [1.82, 2.24) is 5.32 Å². The first-order valence-electron chi connectivity index (χ1n) is 6.26. The van der Waals surface area contributed by atoms with Crippen molar-refractivity contribution in [2.45, 2.75) is 64.3 Å². The van der Waals surface area contributed by atoms with Crippen LogP contribution in [-0.2, 0) is 4.79 Å². The molecule has 1 amide bonds. The summed E-state index contributed by atoms with van der Waals surface area (Å²) < 4.78 is 0. The Kier molecular flexibility index (Phi) is 4.79. The van der Waals surface area contributed by atoms with Crippen LogP contribution in [0.15, 0.2) is 0 Å². The van der Waals surface area contributed by atoms with E-state index in [9.17, 15) is 4.79 Å². The van der Waals surface area contributed by atoms with Gasteiger partial charge in [-0.1, -0.05) is 32.1 Å². The number of nitriles is 1. The number of nitrogens with one attached hydrogen (secondary N) is 1. The van der Waals surface area contributed by atoms with Crippen LogP contribution in [-0.4, -0.2) is 11.4 Å². The minimum Gasteiger partial charge on any atom is -0.338 e. The van der Waals surface area contributed by atoms with Crippen molar-refractivity contribution in [3.63, 3.8) is 0 Å². The minimum atomic E-state index is -0.732. The van der Waals surface area contributed by atoms with Crippen molar-refractivity contribution < 1.29 is 4.79 Å². The molecule has 3 nitrogen and oxygen atoms in total. The first-order chi connectivity index (χ1) is 7.53. The predicted molar refractivity (Wildman–Crippen MR) is 63.6 cm³/mol. The van der Waals surface area contributed by atoms with Gasteiger partial charge in [0.1, 0.15) is 5.54 Å². The van der Waals surface area contributed by atoms with E-state index in [1.54, 1.807) is 13.8 Å². The molecule has 0 radical (unpaired) electrons. The fraction of sp³-hybridized carbons (Fsp3) is 0.846. The van der Waals surface area contributed by atoms with E-state index >= 15 is 0 Å². The molecule has 0 unspecified atom stereocenters. The molecule has 90 valence electrons. The van der Waals surface area contributed by atoms with Gasteiger partial charge >= 0.3 is 0 Å². The molecule has 0 atom stereocenters. The maximum Gasteiger partial charge on any atom is 0.221 e. The minimum absolute atomic E-state index is 0.0112. The van der Waals surface area contributed by atoms with Crippen molar-refractivity contribution in [2.75, 3.05) is 0 Å². The Hall–Kier alpha value is -1.04. The van der Waals surface area contributed by atoms with Crippen molar-refractivity contribution in [3.05, 3.63) is 0 Å². The number of hydrogen-bond acceptors (Lipinski definition) is 2. The summed E-state index contributed by atoms with van der Waals surface area (Å²) in [4.78, 5) is 11.6. The largest absolute Gasteiger partial charge is 0.338 e. The summed E-state index contributed by atoms with van der Waals surface area (Å²) >= 11 is 0. The van der Waals surface area contributed by atoms with E-state index in [1.807, 2.05) is 0 Å². The van der Waals surface area contributed by atoms with Gasteiger partial charge in [-0.05, 0) is 26.2 Å². The summed E-state index contributed by atoms with van der Waals surface area (Å²) in [6.45, 7) is 3.46. The number of carbonyl (C=O) groups is 1. The number of nitrogens with zero attached hydrogens (tertiary/aromatic N) is 1. The monoisotopic (exact) mass is 222 g/mol. The zero-order valence-electron chi connectivity index (χ0n) is 10.4. The van der Waals surface area contributed by atoms with Crippen molar-refractivity contribution in [2.24, 2.45) is 5.92 Å². The third-order valence-corrected chi connectivity index (χ3v) is 3.24. The molecule has 0 aliphatic heterocycles. The van der Waals surface area contributed by atoms with Gasteiger partial charge in [-0.25, -0.2) is 0 Å². The molecule has 3 heteroatoms. The van der Waals surface area contributed by atoms with Crippen LogP contribution in [0.1, 0.15) is 58.8 Å². The molecule has 1 saturated carbocycles. The molecule has 1 rings (SSSR count). The van der Waals surface area contributed by atoms with E-state index in [1.165, 1.54) is 32.1 Å². The van der Waals surface area contributed by atoms with Gasteiger partial charge in [-0.15, -0.1) is 0 Å². The van der Waals surface area contributed by atoms with Crippen LogP contribution in [0.2, 0.25) is 0 Å². The zero-order valence-corrected chi connectivity index (χ0v) is 10.4. The highest BCUT2D eigenvalue weighted by Crippen LogP contribution is 2.27. The Morgan fingerprint density at radius 1 is 1.38 bits per heavy atom. The molecule has 1 N–H and O–H groups in total. The summed E-state index contributed by atoms with van der Waals surface area (Å²) in [6, 6.07) is 2.08. The third kappa shape index (κ3) is 4.65. The number of carbonyl (C=O) groups excluding carboxylic acids is 1. The molecule has 0 aromatic heterocycles. The molecular formula is C13H22N2O. The predicted octanol–water partition coefficient (Wildman–Crippen LogP) is 2.77. The van der Waals surface area contributed by atoms with Gasteiger partial charge in [0.25, 0.3) is 0 Å². The molecule has 16 heavy (non-hydrogen) atoms. The molecule has 0 spiro atoms. The Morgan fingerprint density at radius 3 is 2.56 bits per heavy atom. The summed E-state index contributed by atoms with van der Waals surface area (Å²) in [5, 5.41) is 11.5. The summed E-state index contributed by atoms with van der Waals surface area (Å²) in [5.74, 6) is 0.738. The molecule has 1 fully saturated rings. The van der Waals surface area contributed by atoms with E-state index in [0.29, 0.717) is 6.42 Å². The fourth-order valence-corrected chi connectivity index (χ4v) is 2.25. The second-order valence-corrected chi connectivity index (χ2v) is 5.33. The molecule has 1 aliphatic carbocycles. The van der Waals surface area contributed by atoms with Gasteiger partial charge < -0.3 is 5.32 Å². The number of rotatable bonds is 4. The van der Waals surface area contributed by atoms with Crippen molar-refractivity contribution >= 4 is 5.91 Å². The standard InChI is InChI=1S/C13H22N2O/c1-13(2,10-14)15-12(16)9-8-11-6-4-3-5-7-11/h11H,3-9H2,1-2H3,(H,15,16). The summed E-state index contributed by atoms with van der Waals surface area (Å²) in [7, 11) is 0. The Morgan fingerprint density at radius 2 is 2.00 bits per heavy atom. The lowest BCUT2D eigenvalue weighted by atomic mass is 9.86. The number of hydrogen-bond donors (Lipinski definition) is 1. The fourth-order valence-electron chi connectivity index (χ4n) is 2.25. The lowest BCUT2D eigenvalue weighted by molar-refractivity contribution is -0.122. The lowest BCUT2D eigenvalue weighted by Gasteiger charge is -2.22. The first-order valence-corrected chi connectivity index (χ1v) is 6.26. The Bertz CT molecular complexity index is 272. The molecule has 0 aromatic rings. The highest BCUT2D eigenvalue weighted by atomic mass is 16.1. The van der Waals surface area contributed by atoms with Crippen LogP contribution >= 0.6 is 0 Å². The smallest absolute Gasteiger partial charge is 0.221 e. The van der Waals surface area contributed by atoms with Crippen LogP contribution < -0.4 is 5.32 Å². The van der Waals surface area contributed by atoms with Crippen molar-refractivity contribution in [3.8, 4) is 6.07 Å².